The van der Waals surface area contributed by atoms with Gasteiger partial charge in [-0.2, -0.15) is 0 Å². The van der Waals surface area contributed by atoms with Crippen LogP contribution < -0.4 is 0 Å². The molecule has 0 saturated heterocycles. The van der Waals surface area contributed by atoms with Crippen molar-refractivity contribution in [2.24, 2.45) is 0 Å². The summed E-state index contributed by atoms with van der Waals surface area (Å²) < 4.78 is 23.9. The highest BCUT2D eigenvalue weighted by Gasteiger charge is 2.38. The van der Waals surface area contributed by atoms with Gasteiger partial charge in [0.05, 0.1) is 12.2 Å². The lowest BCUT2D eigenvalue weighted by molar-refractivity contribution is 0.0512. The molecule has 2 aromatic carbocycles. The minimum atomic E-state index is -0.738. The van der Waals surface area contributed by atoms with E-state index in [9.17, 15) is 14.0 Å². The van der Waals surface area contributed by atoms with Gasteiger partial charge in [0, 0.05) is 5.92 Å². The van der Waals surface area contributed by atoms with E-state index in [4.69, 9.17) is 9.26 Å². The van der Waals surface area contributed by atoms with Crippen molar-refractivity contribution in [1.29, 1.82) is 0 Å². The van der Waals surface area contributed by atoms with Gasteiger partial charge in [-0.1, -0.05) is 41.6 Å². The van der Waals surface area contributed by atoms with Crippen molar-refractivity contribution >= 4 is 11.8 Å². The summed E-state index contributed by atoms with van der Waals surface area (Å²) in [6.07, 6.45) is 2.96. The third-order valence-electron chi connectivity index (χ3n) is 4.86. The first-order chi connectivity index (χ1) is 14.1. The first kappa shape index (κ1) is 19.1. The highest BCUT2D eigenvalue weighted by Crippen LogP contribution is 2.43. The fourth-order valence-corrected chi connectivity index (χ4v) is 3.10. The van der Waals surface area contributed by atoms with E-state index >= 15 is 0 Å². The molecule has 0 aliphatic heterocycles. The molecule has 1 aromatic heterocycles. The number of carbonyl (C=O) groups is 2. The van der Waals surface area contributed by atoms with Crippen LogP contribution in [-0.2, 0) is 11.2 Å². The molecule has 2 aliphatic carbocycles. The summed E-state index contributed by atoms with van der Waals surface area (Å²) in [5.74, 6) is -1.59. The van der Waals surface area contributed by atoms with Gasteiger partial charge in [0.25, 0.3) is 0 Å². The molecule has 1 heterocycles. The molecule has 0 radical (unpaired) electrons. The zero-order valence-corrected chi connectivity index (χ0v) is 16.0. The molecule has 1 fully saturated rings. The van der Waals surface area contributed by atoms with Crippen LogP contribution in [0.4, 0.5) is 4.39 Å². The third-order valence-corrected chi connectivity index (χ3v) is 4.86. The number of ether oxygens (including phenoxy) is 1. The third kappa shape index (κ3) is 4.11. The quantitative estimate of drug-likeness (QED) is 0.363. The summed E-state index contributed by atoms with van der Waals surface area (Å²) >= 11 is 0. The van der Waals surface area contributed by atoms with Crippen LogP contribution >= 0.6 is 0 Å². The molecule has 1 saturated carbocycles. The molecule has 5 nitrogen and oxygen atoms in total. The lowest BCUT2D eigenvalue weighted by Crippen LogP contribution is -2.14. The predicted octanol–water partition coefficient (Wildman–Crippen LogP) is 4.69. The van der Waals surface area contributed by atoms with E-state index in [0.717, 1.165) is 12.8 Å². The Hall–Kier alpha value is -3.28. The average Bonchev–Trinajstić information content (AvgIpc) is 3.65. The molecule has 6 heteroatoms. The fourth-order valence-electron chi connectivity index (χ4n) is 3.10. The van der Waals surface area contributed by atoms with Crippen LogP contribution in [0.15, 0.2) is 53.1 Å². The highest BCUT2D eigenvalue weighted by atomic mass is 19.1. The Morgan fingerprint density at radius 2 is 1.76 bits per heavy atom. The molecule has 148 valence electrons. The van der Waals surface area contributed by atoms with Crippen LogP contribution in [0, 0.1) is 5.82 Å². The lowest BCUT2D eigenvalue weighted by atomic mass is 9.99. The van der Waals surface area contributed by atoms with E-state index in [1.54, 1.807) is 13.0 Å². The van der Waals surface area contributed by atoms with Gasteiger partial charge in [-0.25, -0.2) is 9.18 Å². The van der Waals surface area contributed by atoms with E-state index < -0.39 is 17.6 Å². The number of hydrogen-bond acceptors (Lipinski definition) is 5. The van der Waals surface area contributed by atoms with Crippen molar-refractivity contribution in [2.75, 3.05) is 6.61 Å². The summed E-state index contributed by atoms with van der Waals surface area (Å²) in [7, 11) is 0. The molecule has 0 spiro atoms. The Bertz CT molecular complexity index is 1050. The molecular weight excluding hydrogens is 373 g/mol. The van der Waals surface area contributed by atoms with Gasteiger partial charge in [0.15, 0.2) is 5.76 Å². The maximum atomic E-state index is 13.9. The summed E-state index contributed by atoms with van der Waals surface area (Å²) in [5, 5.41) is 3.68. The number of nitrogens with zero attached hydrogens (tertiary/aromatic N) is 1. The summed E-state index contributed by atoms with van der Waals surface area (Å²) in [5.41, 5.74) is 2.78. The maximum absolute atomic E-state index is 13.9. The van der Waals surface area contributed by atoms with Gasteiger partial charge in [0.1, 0.15) is 11.4 Å². The first-order valence-corrected chi connectivity index (χ1v) is 9.62. The second-order valence-electron chi connectivity index (χ2n) is 7.02. The van der Waals surface area contributed by atoms with Crippen molar-refractivity contribution < 1.29 is 23.2 Å². The lowest BCUT2D eigenvalue weighted by Gasteiger charge is -2.04. The fraction of sp³-hybridized carbons (Fsp3) is 0.261. The Morgan fingerprint density at radius 3 is 2.34 bits per heavy atom. The molecule has 2 aliphatic rings. The number of halogens is 1. The van der Waals surface area contributed by atoms with Crippen molar-refractivity contribution in [3.05, 3.63) is 88.1 Å². The van der Waals surface area contributed by atoms with Gasteiger partial charge < -0.3 is 9.26 Å². The zero-order chi connectivity index (χ0) is 20.4. The molecule has 5 rings (SSSR count). The van der Waals surface area contributed by atoms with E-state index in [2.05, 4.69) is 29.4 Å². The normalized spacial score (nSPS) is 13.7. The van der Waals surface area contributed by atoms with Gasteiger partial charge in [-0.15, -0.1) is 0 Å². The average molecular weight is 393 g/mol. The molecule has 0 amide bonds. The number of rotatable bonds is 5. The molecule has 0 unspecified atom stereocenters. The van der Waals surface area contributed by atoms with E-state index in [1.165, 1.54) is 35.7 Å². The topological polar surface area (TPSA) is 69.4 Å². The SMILES string of the molecule is CCOC(=O)c1noc(C2CC2)c1C(=O)c1ccccc1F.c1ccc2c(c1)C2. The monoisotopic (exact) mass is 393 g/mol. The van der Waals surface area contributed by atoms with Crippen molar-refractivity contribution in [3.8, 4) is 0 Å². The molecule has 29 heavy (non-hydrogen) atoms. The number of ketones is 1. The minimum Gasteiger partial charge on any atom is -0.461 e. The molecule has 0 bridgehead atoms. The summed E-state index contributed by atoms with van der Waals surface area (Å²) in [6, 6.07) is 14.2. The predicted molar refractivity (Wildman–Crippen MR) is 104 cm³/mol. The van der Waals surface area contributed by atoms with Crippen LogP contribution in [0.2, 0.25) is 0 Å². The van der Waals surface area contributed by atoms with E-state index in [-0.39, 0.29) is 29.3 Å². The zero-order valence-electron chi connectivity index (χ0n) is 16.0. The van der Waals surface area contributed by atoms with Gasteiger partial charge in [0.2, 0.25) is 11.5 Å². The second kappa shape index (κ2) is 7.99. The van der Waals surface area contributed by atoms with Crippen LogP contribution in [0.25, 0.3) is 0 Å². The van der Waals surface area contributed by atoms with E-state index in [1.807, 2.05) is 0 Å². The van der Waals surface area contributed by atoms with Gasteiger partial charge in [-0.3, -0.25) is 4.79 Å². The summed E-state index contributed by atoms with van der Waals surface area (Å²) in [4.78, 5) is 24.6. The van der Waals surface area contributed by atoms with Crippen molar-refractivity contribution in [2.45, 2.75) is 32.1 Å². The maximum Gasteiger partial charge on any atom is 0.361 e. The molecular formula is C23H20FNO4. The molecule has 0 atom stereocenters. The second-order valence-corrected chi connectivity index (χ2v) is 7.02. The van der Waals surface area contributed by atoms with Crippen LogP contribution in [0.5, 0.6) is 0 Å². The smallest absolute Gasteiger partial charge is 0.361 e. The number of fused-ring (bicyclic) bond motifs is 1. The number of carbonyl (C=O) groups excluding carboxylic acids is 2. The molecule has 0 N–H and O–H groups in total. The van der Waals surface area contributed by atoms with E-state index in [0.29, 0.717) is 5.76 Å². The van der Waals surface area contributed by atoms with Crippen molar-refractivity contribution in [3.63, 3.8) is 0 Å². The van der Waals surface area contributed by atoms with Crippen LogP contribution in [0.3, 0.4) is 0 Å². The highest BCUT2D eigenvalue weighted by molar-refractivity contribution is 6.14. The van der Waals surface area contributed by atoms with Gasteiger partial charge >= 0.3 is 5.97 Å². The Balaban J connectivity index is 0.000000243. The largest absolute Gasteiger partial charge is 0.461 e. The Labute approximate surface area is 167 Å². The number of hydrogen-bond donors (Lipinski definition) is 0. The number of esters is 1. The number of aromatic nitrogens is 1. The Morgan fingerprint density at radius 1 is 1.10 bits per heavy atom. The first-order valence-electron chi connectivity index (χ1n) is 9.62. The van der Waals surface area contributed by atoms with Crippen molar-refractivity contribution in [1.82, 2.24) is 5.16 Å². The van der Waals surface area contributed by atoms with Crippen LogP contribution in [0.1, 0.15) is 69.0 Å². The standard InChI is InChI=1S/C16H14FNO4.C7H6/c1-2-21-16(20)13-12(15(22-18-13)9-7-8-9)14(19)10-5-3-4-6-11(10)17;1-2-4-7-5-6(7)3-1/h3-6,9H,2,7-8H2,1H3;1-4H,5H2. The Kier molecular flexibility index (Phi) is 5.25. The number of benzene rings is 2. The summed E-state index contributed by atoms with van der Waals surface area (Å²) in [6.45, 7) is 1.80. The van der Waals surface area contributed by atoms with Crippen LogP contribution in [-0.4, -0.2) is 23.5 Å². The van der Waals surface area contributed by atoms with Gasteiger partial charge in [-0.05, 0) is 49.4 Å². The molecule has 3 aromatic rings. The minimum absolute atomic E-state index is 0.0195.